The molecular formula is C18H17FO2. The number of carbonyl (C=O) groups excluding carboxylic acids is 1. The summed E-state index contributed by atoms with van der Waals surface area (Å²) in [4.78, 5) is 12.4. The van der Waals surface area contributed by atoms with Crippen molar-refractivity contribution in [2.75, 3.05) is 6.61 Å². The largest absolute Gasteiger partial charge is 0.492 e. The monoisotopic (exact) mass is 284 g/mol. The van der Waals surface area contributed by atoms with Gasteiger partial charge >= 0.3 is 0 Å². The van der Waals surface area contributed by atoms with E-state index in [-0.39, 0.29) is 23.4 Å². The molecule has 21 heavy (non-hydrogen) atoms. The molecule has 1 heterocycles. The predicted molar refractivity (Wildman–Crippen MR) is 79.4 cm³/mol. The van der Waals surface area contributed by atoms with Gasteiger partial charge in [-0.3, -0.25) is 4.79 Å². The van der Waals surface area contributed by atoms with E-state index in [9.17, 15) is 9.18 Å². The third-order valence-corrected chi connectivity index (χ3v) is 3.93. The fourth-order valence-corrected chi connectivity index (χ4v) is 2.61. The molecule has 0 aromatic heterocycles. The molecule has 0 saturated heterocycles. The van der Waals surface area contributed by atoms with Crippen LogP contribution in [0.2, 0.25) is 0 Å². The second-order valence-corrected chi connectivity index (χ2v) is 6.07. The number of Topliss-reactive ketones (excluding diaryl/α,β-unsaturated/α-hetero) is 1. The van der Waals surface area contributed by atoms with Gasteiger partial charge in [-0.25, -0.2) is 4.39 Å². The van der Waals surface area contributed by atoms with Gasteiger partial charge in [0.25, 0.3) is 0 Å². The van der Waals surface area contributed by atoms with Gasteiger partial charge in [-0.15, -0.1) is 0 Å². The van der Waals surface area contributed by atoms with Crippen LogP contribution in [0.25, 0.3) is 0 Å². The number of fused-ring (bicyclic) bond motifs is 1. The first-order valence-electron chi connectivity index (χ1n) is 7.01. The quantitative estimate of drug-likeness (QED) is 0.798. The van der Waals surface area contributed by atoms with Crippen molar-refractivity contribution in [1.29, 1.82) is 0 Å². The van der Waals surface area contributed by atoms with Crippen LogP contribution in [0.15, 0.2) is 42.5 Å². The van der Waals surface area contributed by atoms with Crippen LogP contribution in [0.3, 0.4) is 0 Å². The number of ketones is 1. The third kappa shape index (κ3) is 2.56. The van der Waals surface area contributed by atoms with Crippen molar-refractivity contribution < 1.29 is 13.9 Å². The van der Waals surface area contributed by atoms with Crippen LogP contribution in [0.4, 0.5) is 4.39 Å². The first-order valence-corrected chi connectivity index (χ1v) is 7.01. The lowest BCUT2D eigenvalue weighted by molar-refractivity contribution is 0.0991. The molecule has 2 aromatic carbocycles. The molecule has 1 aliphatic heterocycles. The molecule has 0 aliphatic carbocycles. The van der Waals surface area contributed by atoms with Gasteiger partial charge in [0, 0.05) is 23.0 Å². The van der Waals surface area contributed by atoms with Crippen molar-refractivity contribution in [3.05, 3.63) is 65.0 Å². The van der Waals surface area contributed by atoms with Gasteiger partial charge in [0.1, 0.15) is 11.6 Å². The molecule has 3 rings (SSSR count). The molecule has 108 valence electrons. The van der Waals surface area contributed by atoms with E-state index in [1.54, 1.807) is 24.3 Å². The summed E-state index contributed by atoms with van der Waals surface area (Å²) in [5.74, 6) is 0.420. The van der Waals surface area contributed by atoms with Gasteiger partial charge in [-0.05, 0) is 29.8 Å². The molecule has 2 nitrogen and oxygen atoms in total. The summed E-state index contributed by atoms with van der Waals surface area (Å²) in [5.41, 5.74) is 1.99. The van der Waals surface area contributed by atoms with Crippen molar-refractivity contribution in [2.24, 2.45) is 0 Å². The summed E-state index contributed by atoms with van der Waals surface area (Å²) in [6, 6.07) is 11.9. The molecule has 3 heteroatoms. The van der Waals surface area contributed by atoms with Gasteiger partial charge in [-0.2, -0.15) is 0 Å². The number of benzene rings is 2. The Morgan fingerprint density at radius 2 is 2.00 bits per heavy atom. The molecule has 0 radical (unpaired) electrons. The highest BCUT2D eigenvalue weighted by atomic mass is 19.1. The molecule has 0 fully saturated rings. The summed E-state index contributed by atoms with van der Waals surface area (Å²) >= 11 is 0. The third-order valence-electron chi connectivity index (χ3n) is 3.93. The maximum Gasteiger partial charge on any atom is 0.167 e. The van der Waals surface area contributed by atoms with Crippen LogP contribution >= 0.6 is 0 Å². The van der Waals surface area contributed by atoms with Crippen LogP contribution in [-0.2, 0) is 11.8 Å². The Morgan fingerprint density at radius 3 is 2.76 bits per heavy atom. The standard InChI is InChI=1S/C18H17FO2/c1-18(2)11-21-17-8-7-13(9-14(17)18)16(20)10-12-5-3-4-6-15(12)19/h3-9H,10-11H2,1-2H3. The maximum absolute atomic E-state index is 13.6. The number of hydrogen-bond donors (Lipinski definition) is 0. The van der Waals surface area contributed by atoms with Crippen LogP contribution in [-0.4, -0.2) is 12.4 Å². The summed E-state index contributed by atoms with van der Waals surface area (Å²) in [5, 5.41) is 0. The van der Waals surface area contributed by atoms with E-state index in [1.165, 1.54) is 6.07 Å². The van der Waals surface area contributed by atoms with Crippen LogP contribution in [0.1, 0.15) is 35.3 Å². The van der Waals surface area contributed by atoms with Crippen LogP contribution in [0, 0.1) is 5.82 Å². The average molecular weight is 284 g/mol. The fourth-order valence-electron chi connectivity index (χ4n) is 2.61. The number of halogens is 1. The Morgan fingerprint density at radius 1 is 1.24 bits per heavy atom. The van der Waals surface area contributed by atoms with Crippen LogP contribution in [0.5, 0.6) is 5.75 Å². The van der Waals surface area contributed by atoms with Gasteiger partial charge in [0.05, 0.1) is 6.61 Å². The molecule has 0 amide bonds. The van der Waals surface area contributed by atoms with E-state index in [2.05, 4.69) is 13.8 Å². The van der Waals surface area contributed by atoms with Crippen LogP contribution < -0.4 is 4.74 Å². The highest BCUT2D eigenvalue weighted by molar-refractivity contribution is 5.98. The molecular weight excluding hydrogens is 267 g/mol. The predicted octanol–water partition coefficient (Wildman–Crippen LogP) is 3.92. The second-order valence-electron chi connectivity index (χ2n) is 6.07. The fraction of sp³-hybridized carbons (Fsp3) is 0.278. The molecule has 0 N–H and O–H groups in total. The van der Waals surface area contributed by atoms with Gasteiger partial charge in [0.2, 0.25) is 0 Å². The minimum Gasteiger partial charge on any atom is -0.492 e. The zero-order valence-electron chi connectivity index (χ0n) is 12.2. The Bertz CT molecular complexity index is 704. The minimum absolute atomic E-state index is 0.0761. The van der Waals surface area contributed by atoms with Crippen molar-refractivity contribution in [1.82, 2.24) is 0 Å². The normalized spacial score (nSPS) is 15.4. The molecule has 0 spiro atoms. The SMILES string of the molecule is CC1(C)COc2ccc(C(=O)Cc3ccccc3F)cc21. The van der Waals surface area contributed by atoms with E-state index in [0.717, 1.165) is 11.3 Å². The molecule has 0 saturated carbocycles. The summed E-state index contributed by atoms with van der Waals surface area (Å²) in [6.45, 7) is 4.79. The maximum atomic E-state index is 13.6. The second kappa shape index (κ2) is 4.99. The van der Waals surface area contributed by atoms with Crippen molar-refractivity contribution in [3.63, 3.8) is 0 Å². The van der Waals surface area contributed by atoms with Crippen molar-refractivity contribution in [3.8, 4) is 5.75 Å². The number of ether oxygens (including phenoxy) is 1. The molecule has 0 atom stereocenters. The van der Waals surface area contributed by atoms with Gasteiger partial charge < -0.3 is 4.74 Å². The summed E-state index contributed by atoms with van der Waals surface area (Å²) in [7, 11) is 0. The molecule has 1 aliphatic rings. The zero-order chi connectivity index (χ0) is 15.0. The van der Waals surface area contributed by atoms with E-state index in [4.69, 9.17) is 4.74 Å². The smallest absolute Gasteiger partial charge is 0.167 e. The van der Waals surface area contributed by atoms with Crippen molar-refractivity contribution >= 4 is 5.78 Å². The highest BCUT2D eigenvalue weighted by Gasteiger charge is 2.32. The van der Waals surface area contributed by atoms with Gasteiger partial charge in [-0.1, -0.05) is 32.0 Å². The molecule has 2 aromatic rings. The average Bonchev–Trinajstić information content (AvgIpc) is 2.77. The zero-order valence-corrected chi connectivity index (χ0v) is 12.2. The van der Waals surface area contributed by atoms with E-state index >= 15 is 0 Å². The minimum atomic E-state index is -0.337. The topological polar surface area (TPSA) is 26.3 Å². The Labute approximate surface area is 123 Å². The first kappa shape index (κ1) is 13.8. The van der Waals surface area contributed by atoms with E-state index in [1.807, 2.05) is 12.1 Å². The summed E-state index contributed by atoms with van der Waals surface area (Å²) in [6.07, 6.45) is 0.0761. The first-order chi connectivity index (χ1) is 9.97. The number of rotatable bonds is 3. The molecule has 0 bridgehead atoms. The highest BCUT2D eigenvalue weighted by Crippen LogP contribution is 2.38. The number of hydrogen-bond acceptors (Lipinski definition) is 2. The molecule has 0 unspecified atom stereocenters. The summed E-state index contributed by atoms with van der Waals surface area (Å²) < 4.78 is 19.3. The lowest BCUT2D eigenvalue weighted by Gasteiger charge is -2.15. The Kier molecular flexibility index (Phi) is 3.28. The van der Waals surface area contributed by atoms with Crippen molar-refractivity contribution in [2.45, 2.75) is 25.7 Å². The lowest BCUT2D eigenvalue weighted by atomic mass is 9.85. The number of carbonyl (C=O) groups is 1. The van der Waals surface area contributed by atoms with Gasteiger partial charge in [0.15, 0.2) is 5.78 Å². The van der Waals surface area contributed by atoms with E-state index < -0.39 is 0 Å². The Balaban J connectivity index is 1.88. The lowest BCUT2D eigenvalue weighted by Crippen LogP contribution is -2.18. The Hall–Kier alpha value is -2.16. The van der Waals surface area contributed by atoms with E-state index in [0.29, 0.717) is 17.7 Å².